The molecule has 2 aromatic rings. The highest BCUT2D eigenvalue weighted by Crippen LogP contribution is 2.20. The molecule has 2 rings (SSSR count). The number of para-hydroxylation sites is 1. The summed E-state index contributed by atoms with van der Waals surface area (Å²) in [6.45, 7) is 8.98. The van der Waals surface area contributed by atoms with Gasteiger partial charge in [0.25, 0.3) is 0 Å². The van der Waals surface area contributed by atoms with Gasteiger partial charge < -0.3 is 10.6 Å². The van der Waals surface area contributed by atoms with Crippen LogP contribution >= 0.6 is 35.7 Å². The summed E-state index contributed by atoms with van der Waals surface area (Å²) in [5, 5.41) is 11.2. The van der Waals surface area contributed by atoms with Gasteiger partial charge in [0.05, 0.1) is 18.4 Å². The van der Waals surface area contributed by atoms with Crippen LogP contribution in [0.5, 0.6) is 0 Å². The van der Waals surface area contributed by atoms with Crippen molar-refractivity contribution in [1.29, 1.82) is 0 Å². The standard InChI is InChI=1S/C19H29N5S.HI/c1-5-20-18(22-15-19(2,3)25-4)21-12-11-16-13-23-24(14-16)17-9-7-6-8-10-17;/h6-10,13-14H,5,11-12,15H2,1-4H3,(H2,20,21,22);1H. The van der Waals surface area contributed by atoms with Crippen LogP contribution in [0, 0.1) is 0 Å². The lowest BCUT2D eigenvalue weighted by Crippen LogP contribution is -2.39. The average molecular weight is 487 g/mol. The van der Waals surface area contributed by atoms with Gasteiger partial charge in [-0.15, -0.1) is 24.0 Å². The summed E-state index contributed by atoms with van der Waals surface area (Å²) >= 11 is 1.83. The molecule has 2 N–H and O–H groups in total. The lowest BCUT2D eigenvalue weighted by molar-refractivity contribution is 0.710. The molecule has 0 atom stereocenters. The van der Waals surface area contributed by atoms with Gasteiger partial charge in [-0.3, -0.25) is 4.99 Å². The van der Waals surface area contributed by atoms with Crippen LogP contribution in [0.1, 0.15) is 26.3 Å². The average Bonchev–Trinajstić information content (AvgIpc) is 3.09. The first kappa shape index (κ1) is 22.8. The monoisotopic (exact) mass is 487 g/mol. The van der Waals surface area contributed by atoms with Crippen molar-refractivity contribution in [2.24, 2.45) is 4.99 Å². The Hall–Kier alpha value is -1.22. The Kier molecular flexibility index (Phi) is 10.1. The summed E-state index contributed by atoms with van der Waals surface area (Å²) in [4.78, 5) is 4.69. The first-order valence-corrected chi connectivity index (χ1v) is 9.93. The van der Waals surface area contributed by atoms with E-state index in [1.54, 1.807) is 0 Å². The summed E-state index contributed by atoms with van der Waals surface area (Å²) in [7, 11) is 0. The third kappa shape index (κ3) is 7.57. The maximum atomic E-state index is 4.69. The number of guanidine groups is 1. The molecule has 1 aromatic carbocycles. The number of aliphatic imine (C=N–C) groups is 1. The van der Waals surface area contributed by atoms with E-state index in [1.165, 1.54) is 5.56 Å². The van der Waals surface area contributed by atoms with E-state index in [9.17, 15) is 0 Å². The van der Waals surface area contributed by atoms with E-state index in [0.29, 0.717) is 0 Å². The van der Waals surface area contributed by atoms with Gasteiger partial charge in [-0.1, -0.05) is 18.2 Å². The summed E-state index contributed by atoms with van der Waals surface area (Å²) in [6, 6.07) is 10.2. The Balaban J connectivity index is 0.00000338. The Morgan fingerprint density at radius 2 is 1.96 bits per heavy atom. The minimum Gasteiger partial charge on any atom is -0.357 e. The molecule has 0 aliphatic heterocycles. The van der Waals surface area contributed by atoms with Crippen LogP contribution in [-0.2, 0) is 6.42 Å². The second-order valence-electron chi connectivity index (χ2n) is 6.46. The molecule has 0 fully saturated rings. The minimum atomic E-state index is 0. The van der Waals surface area contributed by atoms with Crippen molar-refractivity contribution < 1.29 is 0 Å². The fourth-order valence-electron chi connectivity index (χ4n) is 2.21. The highest BCUT2D eigenvalue weighted by atomic mass is 127. The number of hydrogen-bond donors (Lipinski definition) is 2. The first-order valence-electron chi connectivity index (χ1n) is 8.70. The van der Waals surface area contributed by atoms with Gasteiger partial charge in [0.2, 0.25) is 0 Å². The smallest absolute Gasteiger partial charge is 0.191 e. The molecular formula is C19H30IN5S. The van der Waals surface area contributed by atoms with E-state index < -0.39 is 0 Å². The summed E-state index contributed by atoms with van der Waals surface area (Å²) in [5.41, 5.74) is 2.28. The molecule has 144 valence electrons. The zero-order chi connectivity index (χ0) is 18.1. The molecule has 0 unspecified atom stereocenters. The fraction of sp³-hybridized carbons (Fsp3) is 0.474. The number of hydrogen-bond acceptors (Lipinski definition) is 3. The van der Waals surface area contributed by atoms with E-state index in [1.807, 2.05) is 40.8 Å². The normalized spacial score (nSPS) is 11.8. The molecule has 0 aliphatic rings. The van der Waals surface area contributed by atoms with Crippen molar-refractivity contribution in [2.75, 3.05) is 25.9 Å². The Morgan fingerprint density at radius 3 is 2.62 bits per heavy atom. The molecule has 0 aliphatic carbocycles. The topological polar surface area (TPSA) is 54.2 Å². The quantitative estimate of drug-likeness (QED) is 0.339. The van der Waals surface area contributed by atoms with Gasteiger partial charge in [-0.2, -0.15) is 16.9 Å². The second-order valence-corrected chi connectivity index (χ2v) is 7.98. The zero-order valence-electron chi connectivity index (χ0n) is 16.0. The van der Waals surface area contributed by atoms with Crippen LogP contribution in [0.15, 0.2) is 47.7 Å². The zero-order valence-corrected chi connectivity index (χ0v) is 19.2. The van der Waals surface area contributed by atoms with E-state index in [-0.39, 0.29) is 28.7 Å². The third-order valence-corrected chi connectivity index (χ3v) is 5.11. The molecule has 0 radical (unpaired) electrons. The molecule has 26 heavy (non-hydrogen) atoms. The minimum absolute atomic E-state index is 0. The van der Waals surface area contributed by atoms with Crippen molar-refractivity contribution in [1.82, 2.24) is 20.4 Å². The van der Waals surface area contributed by atoms with Crippen molar-refractivity contribution in [3.63, 3.8) is 0 Å². The summed E-state index contributed by atoms with van der Waals surface area (Å²) < 4.78 is 2.06. The Bertz CT molecular complexity index is 670. The van der Waals surface area contributed by atoms with E-state index in [0.717, 1.165) is 37.7 Å². The summed E-state index contributed by atoms with van der Waals surface area (Å²) in [6.07, 6.45) is 7.04. The van der Waals surface area contributed by atoms with E-state index >= 15 is 0 Å². The van der Waals surface area contributed by atoms with Gasteiger partial charge in [-0.25, -0.2) is 4.68 Å². The van der Waals surface area contributed by atoms with Gasteiger partial charge in [0, 0.05) is 24.0 Å². The van der Waals surface area contributed by atoms with Gasteiger partial charge in [-0.05, 0) is 51.1 Å². The molecule has 1 heterocycles. The molecule has 0 saturated carbocycles. The maximum absolute atomic E-state index is 4.69. The van der Waals surface area contributed by atoms with Crippen LogP contribution in [0.4, 0.5) is 0 Å². The van der Waals surface area contributed by atoms with Crippen LogP contribution in [0.25, 0.3) is 5.69 Å². The number of halogens is 1. The number of rotatable bonds is 8. The Labute approximate surface area is 178 Å². The number of nitrogens with one attached hydrogen (secondary N) is 2. The molecule has 7 heteroatoms. The van der Waals surface area contributed by atoms with Crippen molar-refractivity contribution >= 4 is 41.7 Å². The molecule has 0 amide bonds. The fourth-order valence-corrected chi connectivity index (χ4v) is 2.41. The number of thioether (sulfide) groups is 1. The highest BCUT2D eigenvalue weighted by Gasteiger charge is 2.15. The number of aromatic nitrogens is 2. The molecule has 5 nitrogen and oxygen atoms in total. The van der Waals surface area contributed by atoms with Gasteiger partial charge in [0.15, 0.2) is 5.96 Å². The summed E-state index contributed by atoms with van der Waals surface area (Å²) in [5.74, 6) is 0.875. The second kappa shape index (κ2) is 11.5. The predicted molar refractivity (Wildman–Crippen MR) is 124 cm³/mol. The first-order chi connectivity index (χ1) is 12.0. The molecular weight excluding hydrogens is 457 g/mol. The van der Waals surface area contributed by atoms with Crippen molar-refractivity contribution in [3.8, 4) is 5.69 Å². The Morgan fingerprint density at radius 1 is 1.23 bits per heavy atom. The number of benzene rings is 1. The lowest BCUT2D eigenvalue weighted by Gasteiger charge is -2.20. The van der Waals surface area contributed by atoms with Crippen LogP contribution in [0.2, 0.25) is 0 Å². The van der Waals surface area contributed by atoms with Crippen molar-refractivity contribution in [3.05, 3.63) is 48.3 Å². The highest BCUT2D eigenvalue weighted by molar-refractivity contribution is 14.0. The largest absolute Gasteiger partial charge is 0.357 e. The van der Waals surface area contributed by atoms with E-state index in [4.69, 9.17) is 4.99 Å². The maximum Gasteiger partial charge on any atom is 0.191 e. The predicted octanol–water partition coefficient (Wildman–Crippen LogP) is 3.73. The number of nitrogens with zero attached hydrogens (tertiary/aromatic N) is 3. The van der Waals surface area contributed by atoms with Crippen LogP contribution < -0.4 is 10.6 Å². The molecule has 0 bridgehead atoms. The van der Waals surface area contributed by atoms with Crippen molar-refractivity contribution in [2.45, 2.75) is 31.9 Å². The molecule has 1 aromatic heterocycles. The van der Waals surface area contributed by atoms with Crippen LogP contribution in [0.3, 0.4) is 0 Å². The third-order valence-electron chi connectivity index (χ3n) is 3.88. The lowest BCUT2D eigenvalue weighted by atomic mass is 10.2. The molecule has 0 spiro atoms. The molecule has 0 saturated heterocycles. The van der Waals surface area contributed by atoms with E-state index in [2.05, 4.69) is 61.1 Å². The van der Waals surface area contributed by atoms with Crippen LogP contribution in [-0.4, -0.2) is 46.4 Å². The van der Waals surface area contributed by atoms with Gasteiger partial charge in [0.1, 0.15) is 0 Å². The SMILES string of the molecule is CCNC(=NCC(C)(C)SC)NCCc1cnn(-c2ccccc2)c1.I. The van der Waals surface area contributed by atoms with Gasteiger partial charge >= 0.3 is 0 Å².